The Morgan fingerprint density at radius 1 is 0.897 bits per heavy atom. The van der Waals surface area contributed by atoms with Crippen LogP contribution in [-0.2, 0) is 10.0 Å². The fraction of sp³-hybridized carbons (Fsp3) is 0.0500. The highest BCUT2D eigenvalue weighted by Crippen LogP contribution is 2.23. The number of hydrogen-bond donors (Lipinski definition) is 2. The summed E-state index contributed by atoms with van der Waals surface area (Å²) in [5.41, 5.74) is 1.31. The molecule has 0 radical (unpaired) electrons. The van der Waals surface area contributed by atoms with E-state index in [-0.39, 0.29) is 21.2 Å². The van der Waals surface area contributed by atoms with Crippen molar-refractivity contribution in [2.45, 2.75) is 11.8 Å². The van der Waals surface area contributed by atoms with E-state index in [0.29, 0.717) is 11.8 Å². The first-order chi connectivity index (χ1) is 13.7. The molecule has 0 aliphatic rings. The largest absolute Gasteiger partial charge is 0.322 e. The highest BCUT2D eigenvalue weighted by atomic mass is 35.5. The molecule has 0 fully saturated rings. The van der Waals surface area contributed by atoms with Gasteiger partial charge < -0.3 is 5.32 Å². The molecule has 5 nitrogen and oxygen atoms in total. The molecule has 0 heterocycles. The number of rotatable bonds is 5. The molecule has 0 spiro atoms. The monoisotopic (exact) mass is 436 g/mol. The molecule has 0 atom stereocenters. The Labute approximate surface area is 171 Å². The second-order valence-corrected chi connectivity index (χ2v) is 8.29. The van der Waals surface area contributed by atoms with Crippen LogP contribution in [0.25, 0.3) is 0 Å². The molecule has 0 saturated heterocycles. The van der Waals surface area contributed by atoms with Crippen LogP contribution in [0.1, 0.15) is 15.9 Å². The molecule has 0 bridgehead atoms. The molecule has 1 amide bonds. The van der Waals surface area contributed by atoms with Gasteiger partial charge in [0.2, 0.25) is 0 Å². The summed E-state index contributed by atoms with van der Waals surface area (Å²) in [5, 5.41) is 2.25. The van der Waals surface area contributed by atoms with E-state index >= 15 is 0 Å². The molecule has 0 saturated carbocycles. The zero-order valence-corrected chi connectivity index (χ0v) is 16.6. The second kappa shape index (κ2) is 8.18. The molecular weight excluding hydrogens is 422 g/mol. The van der Waals surface area contributed by atoms with Crippen molar-refractivity contribution >= 4 is 38.9 Å². The van der Waals surface area contributed by atoms with Crippen molar-refractivity contribution in [3.8, 4) is 0 Å². The third kappa shape index (κ3) is 4.90. The predicted molar refractivity (Wildman–Crippen MR) is 108 cm³/mol. The number of carbonyl (C=O) groups is 1. The molecular formula is C20H15ClF2N2O3S. The molecule has 3 aromatic carbocycles. The number of carbonyl (C=O) groups excluding carboxylic acids is 1. The van der Waals surface area contributed by atoms with Gasteiger partial charge in [0, 0.05) is 11.4 Å². The van der Waals surface area contributed by atoms with E-state index in [4.69, 9.17) is 11.6 Å². The molecule has 3 aromatic rings. The van der Waals surface area contributed by atoms with Crippen LogP contribution in [0.3, 0.4) is 0 Å². The van der Waals surface area contributed by atoms with Gasteiger partial charge in [0.15, 0.2) is 11.6 Å². The molecule has 0 aliphatic carbocycles. The Morgan fingerprint density at radius 3 is 2.07 bits per heavy atom. The maximum atomic E-state index is 13.4. The van der Waals surface area contributed by atoms with Crippen LogP contribution in [0.5, 0.6) is 0 Å². The smallest absolute Gasteiger partial charge is 0.261 e. The van der Waals surface area contributed by atoms with Gasteiger partial charge in [-0.25, -0.2) is 17.2 Å². The zero-order valence-electron chi connectivity index (χ0n) is 15.0. The van der Waals surface area contributed by atoms with Crippen LogP contribution >= 0.6 is 11.6 Å². The van der Waals surface area contributed by atoms with Gasteiger partial charge in [0.1, 0.15) is 0 Å². The van der Waals surface area contributed by atoms with Crippen LogP contribution < -0.4 is 10.0 Å². The number of benzene rings is 3. The molecule has 29 heavy (non-hydrogen) atoms. The molecule has 150 valence electrons. The lowest BCUT2D eigenvalue weighted by Crippen LogP contribution is -2.14. The summed E-state index contributed by atoms with van der Waals surface area (Å²) >= 11 is 5.78. The summed E-state index contributed by atoms with van der Waals surface area (Å²) in [6, 6.07) is 13.6. The van der Waals surface area contributed by atoms with E-state index in [1.165, 1.54) is 36.4 Å². The number of hydrogen-bond acceptors (Lipinski definition) is 3. The number of aryl methyl sites for hydroxylation is 1. The number of sulfonamides is 1. The summed E-state index contributed by atoms with van der Waals surface area (Å²) in [6.45, 7) is 1.85. The average molecular weight is 437 g/mol. The van der Waals surface area contributed by atoms with Crippen molar-refractivity contribution in [3.05, 3.63) is 88.4 Å². The fourth-order valence-electron chi connectivity index (χ4n) is 2.45. The Hall–Kier alpha value is -2.97. The summed E-state index contributed by atoms with van der Waals surface area (Å²) in [7, 11) is -3.76. The van der Waals surface area contributed by atoms with Crippen molar-refractivity contribution in [1.29, 1.82) is 0 Å². The van der Waals surface area contributed by atoms with Crippen LogP contribution in [0.15, 0.2) is 65.6 Å². The molecule has 0 unspecified atom stereocenters. The van der Waals surface area contributed by atoms with Crippen LogP contribution in [0, 0.1) is 18.6 Å². The Bertz CT molecular complexity index is 1170. The maximum Gasteiger partial charge on any atom is 0.261 e. The predicted octanol–water partition coefficient (Wildman–Crippen LogP) is 4.98. The molecule has 9 heteroatoms. The quantitative estimate of drug-likeness (QED) is 0.554. The lowest BCUT2D eigenvalue weighted by atomic mass is 10.2. The van der Waals surface area contributed by atoms with Gasteiger partial charge in [-0.15, -0.1) is 0 Å². The number of anilines is 2. The van der Waals surface area contributed by atoms with Crippen molar-refractivity contribution in [2.75, 3.05) is 10.0 Å². The standard InChI is InChI=1S/C20H15ClF2N2O3S/c1-12-2-8-15(9-3-12)29(27,28)25-14-6-4-13(5-7-14)24-20(26)16-10-18(22)19(23)11-17(16)21/h2-11,25H,1H3,(H,24,26). The summed E-state index contributed by atoms with van der Waals surface area (Å²) in [6.07, 6.45) is 0. The Morgan fingerprint density at radius 2 is 1.45 bits per heavy atom. The first kappa shape index (κ1) is 20.8. The fourth-order valence-corrected chi connectivity index (χ4v) is 3.74. The minimum absolute atomic E-state index is 0.119. The SMILES string of the molecule is Cc1ccc(S(=O)(=O)Nc2ccc(NC(=O)c3cc(F)c(F)cc3Cl)cc2)cc1. The summed E-state index contributed by atoms with van der Waals surface area (Å²) < 4.78 is 53.7. The normalized spacial score (nSPS) is 11.2. The van der Waals surface area contributed by atoms with Crippen molar-refractivity contribution in [1.82, 2.24) is 0 Å². The molecule has 0 aliphatic heterocycles. The first-order valence-electron chi connectivity index (χ1n) is 8.31. The van der Waals surface area contributed by atoms with Gasteiger partial charge in [0.05, 0.1) is 15.5 Å². The molecule has 2 N–H and O–H groups in total. The lowest BCUT2D eigenvalue weighted by molar-refractivity contribution is 0.102. The van der Waals surface area contributed by atoms with Crippen molar-refractivity contribution in [3.63, 3.8) is 0 Å². The van der Waals surface area contributed by atoms with Crippen molar-refractivity contribution < 1.29 is 22.0 Å². The van der Waals surface area contributed by atoms with Gasteiger partial charge >= 0.3 is 0 Å². The van der Waals surface area contributed by atoms with Gasteiger partial charge in [-0.1, -0.05) is 29.3 Å². The minimum Gasteiger partial charge on any atom is -0.322 e. The average Bonchev–Trinajstić information content (AvgIpc) is 2.66. The number of nitrogens with one attached hydrogen (secondary N) is 2. The number of amides is 1. The highest BCUT2D eigenvalue weighted by molar-refractivity contribution is 7.92. The maximum absolute atomic E-state index is 13.4. The van der Waals surface area contributed by atoms with Gasteiger partial charge in [0.25, 0.3) is 15.9 Å². The third-order valence-electron chi connectivity index (χ3n) is 3.98. The van der Waals surface area contributed by atoms with Crippen molar-refractivity contribution in [2.24, 2.45) is 0 Å². The van der Waals surface area contributed by atoms with Crippen LogP contribution in [-0.4, -0.2) is 14.3 Å². The van der Waals surface area contributed by atoms with Crippen LogP contribution in [0.4, 0.5) is 20.2 Å². The lowest BCUT2D eigenvalue weighted by Gasteiger charge is -2.10. The topological polar surface area (TPSA) is 75.3 Å². The molecule has 3 rings (SSSR count). The van der Waals surface area contributed by atoms with Gasteiger partial charge in [-0.3, -0.25) is 9.52 Å². The zero-order chi connectivity index (χ0) is 21.2. The van der Waals surface area contributed by atoms with Gasteiger partial charge in [-0.2, -0.15) is 0 Å². The third-order valence-corrected chi connectivity index (χ3v) is 5.69. The highest BCUT2D eigenvalue weighted by Gasteiger charge is 2.16. The van der Waals surface area contributed by atoms with E-state index in [9.17, 15) is 22.0 Å². The van der Waals surface area contributed by atoms with Crippen LogP contribution in [0.2, 0.25) is 5.02 Å². The second-order valence-electron chi connectivity index (χ2n) is 6.20. The Kier molecular flexibility index (Phi) is 5.86. The molecule has 0 aromatic heterocycles. The summed E-state index contributed by atoms with van der Waals surface area (Å²) in [4.78, 5) is 12.3. The van der Waals surface area contributed by atoms with E-state index < -0.39 is 27.6 Å². The number of halogens is 3. The van der Waals surface area contributed by atoms with Gasteiger partial charge in [-0.05, 0) is 55.5 Å². The van der Waals surface area contributed by atoms with E-state index in [1.54, 1.807) is 12.1 Å². The van der Waals surface area contributed by atoms with E-state index in [2.05, 4.69) is 10.0 Å². The minimum atomic E-state index is -3.76. The van der Waals surface area contributed by atoms with E-state index in [0.717, 1.165) is 11.6 Å². The van der Waals surface area contributed by atoms with E-state index in [1.807, 2.05) is 6.92 Å². The summed E-state index contributed by atoms with van der Waals surface area (Å²) in [5.74, 6) is -3.08. The first-order valence-corrected chi connectivity index (χ1v) is 10.2. The Balaban J connectivity index is 1.73.